The first-order chi connectivity index (χ1) is 9.69. The lowest BCUT2D eigenvalue weighted by molar-refractivity contribution is 0.127. The minimum atomic E-state index is -0.846. The van der Waals surface area contributed by atoms with Crippen molar-refractivity contribution in [2.75, 3.05) is 20.8 Å². The van der Waals surface area contributed by atoms with Gasteiger partial charge in [0.25, 0.3) is 5.89 Å². The zero-order chi connectivity index (χ0) is 14.5. The third-order valence-electron chi connectivity index (χ3n) is 2.81. The van der Waals surface area contributed by atoms with Gasteiger partial charge >= 0.3 is 0 Å². The van der Waals surface area contributed by atoms with Crippen molar-refractivity contribution in [2.45, 2.75) is 12.5 Å². The third-order valence-corrected chi connectivity index (χ3v) is 2.81. The highest BCUT2D eigenvalue weighted by Crippen LogP contribution is 2.31. The summed E-state index contributed by atoms with van der Waals surface area (Å²) in [6.45, 7) is 0.342. The van der Waals surface area contributed by atoms with E-state index in [0.717, 1.165) is 0 Å². The van der Waals surface area contributed by atoms with E-state index < -0.39 is 6.10 Å². The topological polar surface area (TPSA) is 104 Å². The maximum atomic E-state index is 9.74. The Labute approximate surface area is 116 Å². The van der Waals surface area contributed by atoms with Crippen LogP contribution in [0.2, 0.25) is 0 Å². The van der Waals surface area contributed by atoms with Crippen molar-refractivity contribution in [3.8, 4) is 22.9 Å². The number of benzene rings is 1. The van der Waals surface area contributed by atoms with Gasteiger partial charge in [0.05, 0.1) is 14.2 Å². The monoisotopic (exact) mass is 279 g/mol. The number of rotatable bonds is 6. The molecule has 0 unspecified atom stereocenters. The molecule has 0 aliphatic carbocycles. The molecular formula is C13H17N3O4. The molecule has 1 atom stereocenters. The zero-order valence-corrected chi connectivity index (χ0v) is 11.4. The predicted molar refractivity (Wildman–Crippen MR) is 71.5 cm³/mol. The van der Waals surface area contributed by atoms with Gasteiger partial charge in [-0.1, -0.05) is 5.16 Å². The molecule has 108 valence electrons. The molecule has 0 aliphatic rings. The van der Waals surface area contributed by atoms with Gasteiger partial charge in [-0.25, -0.2) is 0 Å². The molecule has 2 aromatic rings. The summed E-state index contributed by atoms with van der Waals surface area (Å²) in [6, 6.07) is 5.27. The second-order valence-corrected chi connectivity index (χ2v) is 4.12. The molecule has 1 aromatic carbocycles. The molecule has 0 fully saturated rings. The van der Waals surface area contributed by atoms with Gasteiger partial charge in [-0.15, -0.1) is 0 Å². The lowest BCUT2D eigenvalue weighted by Crippen LogP contribution is -2.06. The van der Waals surface area contributed by atoms with Crippen molar-refractivity contribution in [1.82, 2.24) is 10.1 Å². The Morgan fingerprint density at radius 2 is 2.05 bits per heavy atom. The number of aliphatic hydroxyl groups excluding tert-OH is 1. The van der Waals surface area contributed by atoms with Gasteiger partial charge in [0, 0.05) is 5.56 Å². The van der Waals surface area contributed by atoms with E-state index in [4.69, 9.17) is 19.7 Å². The Balaban J connectivity index is 2.28. The van der Waals surface area contributed by atoms with E-state index in [1.807, 2.05) is 0 Å². The molecule has 2 rings (SSSR count). The molecule has 0 saturated heterocycles. The Bertz CT molecular complexity index is 570. The Morgan fingerprint density at radius 1 is 1.30 bits per heavy atom. The number of hydrogen-bond acceptors (Lipinski definition) is 7. The quantitative estimate of drug-likeness (QED) is 0.817. The molecular weight excluding hydrogens is 262 g/mol. The number of nitrogens with two attached hydrogens (primary N) is 1. The maximum absolute atomic E-state index is 9.74. The predicted octanol–water partition coefficient (Wildman–Crippen LogP) is 1.14. The molecule has 0 amide bonds. The van der Waals surface area contributed by atoms with Gasteiger partial charge in [-0.3, -0.25) is 0 Å². The molecule has 7 nitrogen and oxygen atoms in total. The van der Waals surface area contributed by atoms with E-state index in [-0.39, 0.29) is 5.89 Å². The highest BCUT2D eigenvalue weighted by Gasteiger charge is 2.17. The first kappa shape index (κ1) is 14.3. The Hall–Kier alpha value is -2.12. The van der Waals surface area contributed by atoms with Crippen molar-refractivity contribution in [1.29, 1.82) is 0 Å². The SMILES string of the molecule is COc1ccc(-c2noc([C@@H](O)CCN)n2)cc1OC. The standard InChI is InChI=1S/C13H17N3O4/c1-18-10-4-3-8(7-11(10)19-2)12-15-13(20-16-12)9(17)5-6-14/h3-4,7,9,17H,5-6,14H2,1-2H3/t9-/m0/s1. The van der Waals surface area contributed by atoms with Crippen molar-refractivity contribution in [2.24, 2.45) is 5.73 Å². The van der Waals surface area contributed by atoms with Crippen LogP contribution < -0.4 is 15.2 Å². The summed E-state index contributed by atoms with van der Waals surface area (Å²) in [7, 11) is 3.11. The minimum absolute atomic E-state index is 0.153. The fourth-order valence-corrected chi connectivity index (χ4v) is 1.74. The van der Waals surface area contributed by atoms with E-state index >= 15 is 0 Å². The molecule has 0 spiro atoms. The molecule has 0 bridgehead atoms. The highest BCUT2D eigenvalue weighted by atomic mass is 16.5. The van der Waals surface area contributed by atoms with Crippen LogP contribution in [0.4, 0.5) is 0 Å². The van der Waals surface area contributed by atoms with Gasteiger partial charge in [0.15, 0.2) is 11.5 Å². The summed E-state index contributed by atoms with van der Waals surface area (Å²) >= 11 is 0. The van der Waals surface area contributed by atoms with Gasteiger partial charge in [-0.2, -0.15) is 4.98 Å². The van der Waals surface area contributed by atoms with E-state index in [9.17, 15) is 5.11 Å². The van der Waals surface area contributed by atoms with E-state index in [1.165, 1.54) is 0 Å². The number of aliphatic hydroxyl groups is 1. The van der Waals surface area contributed by atoms with Crippen LogP contribution in [0.15, 0.2) is 22.7 Å². The Morgan fingerprint density at radius 3 is 2.70 bits per heavy atom. The van der Waals surface area contributed by atoms with Crippen LogP contribution in [0.1, 0.15) is 18.4 Å². The maximum Gasteiger partial charge on any atom is 0.255 e. The summed E-state index contributed by atoms with van der Waals surface area (Å²) in [5.74, 6) is 1.71. The van der Waals surface area contributed by atoms with Crippen molar-refractivity contribution >= 4 is 0 Å². The number of hydrogen-bond donors (Lipinski definition) is 2. The van der Waals surface area contributed by atoms with Gasteiger partial charge in [0.2, 0.25) is 5.82 Å². The number of aromatic nitrogens is 2. The summed E-state index contributed by atoms with van der Waals surface area (Å²) in [5.41, 5.74) is 6.08. The van der Waals surface area contributed by atoms with Crippen molar-refractivity contribution in [3.63, 3.8) is 0 Å². The van der Waals surface area contributed by atoms with Crippen LogP contribution in [-0.4, -0.2) is 36.0 Å². The zero-order valence-electron chi connectivity index (χ0n) is 11.4. The van der Waals surface area contributed by atoms with Gasteiger partial charge in [0.1, 0.15) is 6.10 Å². The highest BCUT2D eigenvalue weighted by molar-refractivity contribution is 5.60. The van der Waals surface area contributed by atoms with Crippen LogP contribution in [0.5, 0.6) is 11.5 Å². The summed E-state index contributed by atoms with van der Waals surface area (Å²) in [5, 5.41) is 13.6. The van der Waals surface area contributed by atoms with Crippen molar-refractivity contribution in [3.05, 3.63) is 24.1 Å². The van der Waals surface area contributed by atoms with E-state index in [2.05, 4.69) is 10.1 Å². The second kappa shape index (κ2) is 6.36. The summed E-state index contributed by atoms with van der Waals surface area (Å²) < 4.78 is 15.4. The van der Waals surface area contributed by atoms with Crippen LogP contribution in [-0.2, 0) is 0 Å². The number of methoxy groups -OCH3 is 2. The molecule has 3 N–H and O–H groups in total. The van der Waals surface area contributed by atoms with E-state index in [0.29, 0.717) is 35.9 Å². The smallest absolute Gasteiger partial charge is 0.255 e. The number of ether oxygens (including phenoxy) is 2. The van der Waals surface area contributed by atoms with E-state index in [1.54, 1.807) is 32.4 Å². The lowest BCUT2D eigenvalue weighted by atomic mass is 10.2. The van der Waals surface area contributed by atoms with Crippen LogP contribution in [0.25, 0.3) is 11.4 Å². The minimum Gasteiger partial charge on any atom is -0.493 e. The van der Waals surface area contributed by atoms with Crippen LogP contribution >= 0.6 is 0 Å². The van der Waals surface area contributed by atoms with Crippen molar-refractivity contribution < 1.29 is 19.1 Å². The lowest BCUT2D eigenvalue weighted by Gasteiger charge is -2.07. The average molecular weight is 279 g/mol. The molecule has 20 heavy (non-hydrogen) atoms. The first-order valence-electron chi connectivity index (χ1n) is 6.13. The molecule has 0 aliphatic heterocycles. The van der Waals surface area contributed by atoms with Crippen LogP contribution in [0.3, 0.4) is 0 Å². The average Bonchev–Trinajstić information content (AvgIpc) is 2.96. The third kappa shape index (κ3) is 2.89. The molecule has 0 saturated carbocycles. The fourth-order valence-electron chi connectivity index (χ4n) is 1.74. The van der Waals surface area contributed by atoms with Gasteiger partial charge < -0.3 is 24.8 Å². The molecule has 1 heterocycles. The second-order valence-electron chi connectivity index (χ2n) is 4.12. The summed E-state index contributed by atoms with van der Waals surface area (Å²) in [6.07, 6.45) is -0.477. The molecule has 0 radical (unpaired) electrons. The summed E-state index contributed by atoms with van der Waals surface area (Å²) in [4.78, 5) is 4.15. The van der Waals surface area contributed by atoms with Gasteiger partial charge in [-0.05, 0) is 31.2 Å². The normalized spacial score (nSPS) is 12.2. The first-order valence-corrected chi connectivity index (χ1v) is 6.13. The fraction of sp³-hybridized carbons (Fsp3) is 0.385. The molecule has 1 aromatic heterocycles. The largest absolute Gasteiger partial charge is 0.493 e. The Kier molecular flexibility index (Phi) is 4.54. The van der Waals surface area contributed by atoms with Crippen LogP contribution in [0, 0.1) is 0 Å². The molecule has 7 heteroatoms. The number of nitrogens with zero attached hydrogens (tertiary/aromatic N) is 2.